The van der Waals surface area contributed by atoms with E-state index >= 15 is 0 Å². The van der Waals surface area contributed by atoms with E-state index < -0.39 is 0 Å². The minimum atomic E-state index is 0.442. The van der Waals surface area contributed by atoms with Crippen LogP contribution in [0.3, 0.4) is 0 Å². The van der Waals surface area contributed by atoms with E-state index in [0.717, 1.165) is 24.2 Å². The van der Waals surface area contributed by atoms with E-state index in [1.807, 2.05) is 0 Å². The smallest absolute Gasteiger partial charge is 0.193 e. The van der Waals surface area contributed by atoms with Crippen LogP contribution in [0.15, 0.2) is 48.1 Å². The second kappa shape index (κ2) is 5.88. The molecule has 4 heteroatoms. The number of hydrogen-bond acceptors (Lipinski definition) is 2. The molecule has 2 heterocycles. The molecule has 0 N–H and O–H groups in total. The standard InChI is InChI=1S/C15H15BrN2S/c16-14(12-5-2-1-3-6-12)8-4-7-13-11-18-9-10-19-15(18)17-13/h1-3,5-6,9-11,14H,4,7-8H2. The van der Waals surface area contributed by atoms with Crippen molar-refractivity contribution in [3.8, 4) is 0 Å². The molecule has 0 fully saturated rings. The fraction of sp³-hybridized carbons (Fsp3) is 0.267. The van der Waals surface area contributed by atoms with E-state index in [4.69, 9.17) is 0 Å². The molecule has 0 amide bonds. The molecule has 0 aliphatic heterocycles. The average Bonchev–Trinajstić information content (AvgIpc) is 3.00. The molecule has 0 radical (unpaired) electrons. The van der Waals surface area contributed by atoms with Crippen LogP contribution >= 0.6 is 27.3 Å². The second-order valence-electron chi connectivity index (χ2n) is 4.60. The van der Waals surface area contributed by atoms with Gasteiger partial charge in [-0.05, 0) is 24.8 Å². The molecular weight excluding hydrogens is 320 g/mol. The maximum atomic E-state index is 4.61. The Bertz CT molecular complexity index is 616. The molecule has 0 bridgehead atoms. The Morgan fingerprint density at radius 3 is 2.89 bits per heavy atom. The van der Waals surface area contributed by atoms with Crippen LogP contribution in [0, 0.1) is 0 Å². The highest BCUT2D eigenvalue weighted by molar-refractivity contribution is 9.09. The van der Waals surface area contributed by atoms with Crippen LogP contribution in [0.2, 0.25) is 0 Å². The van der Waals surface area contributed by atoms with Crippen LogP contribution in [0.4, 0.5) is 0 Å². The van der Waals surface area contributed by atoms with Crippen molar-refractivity contribution >= 4 is 32.2 Å². The Balaban J connectivity index is 1.54. The van der Waals surface area contributed by atoms with E-state index in [9.17, 15) is 0 Å². The zero-order valence-electron chi connectivity index (χ0n) is 10.5. The van der Waals surface area contributed by atoms with Gasteiger partial charge in [-0.3, -0.25) is 4.40 Å². The molecule has 0 saturated carbocycles. The molecule has 0 saturated heterocycles. The molecule has 3 rings (SSSR count). The first-order valence-electron chi connectivity index (χ1n) is 6.43. The largest absolute Gasteiger partial charge is 0.297 e. The monoisotopic (exact) mass is 334 g/mol. The van der Waals surface area contributed by atoms with Gasteiger partial charge in [0, 0.05) is 22.6 Å². The van der Waals surface area contributed by atoms with Crippen molar-refractivity contribution in [3.63, 3.8) is 0 Å². The van der Waals surface area contributed by atoms with Crippen molar-refractivity contribution in [1.82, 2.24) is 9.38 Å². The molecule has 19 heavy (non-hydrogen) atoms. The first kappa shape index (κ1) is 12.9. The molecular formula is C15H15BrN2S. The highest BCUT2D eigenvalue weighted by atomic mass is 79.9. The van der Waals surface area contributed by atoms with Crippen LogP contribution in [0.1, 0.15) is 28.9 Å². The van der Waals surface area contributed by atoms with E-state index in [0.29, 0.717) is 4.83 Å². The summed E-state index contributed by atoms with van der Waals surface area (Å²) in [4.78, 5) is 6.14. The number of fused-ring (bicyclic) bond motifs is 1. The Kier molecular flexibility index (Phi) is 3.99. The lowest BCUT2D eigenvalue weighted by Crippen LogP contribution is -1.92. The lowest BCUT2D eigenvalue weighted by molar-refractivity contribution is 0.721. The second-order valence-corrected chi connectivity index (χ2v) is 6.57. The van der Waals surface area contributed by atoms with Crippen molar-refractivity contribution in [1.29, 1.82) is 0 Å². The summed E-state index contributed by atoms with van der Waals surface area (Å²) < 4.78 is 2.10. The molecule has 2 nitrogen and oxygen atoms in total. The van der Waals surface area contributed by atoms with E-state index in [1.165, 1.54) is 11.3 Å². The van der Waals surface area contributed by atoms with Crippen molar-refractivity contribution in [2.75, 3.05) is 0 Å². The van der Waals surface area contributed by atoms with Crippen molar-refractivity contribution < 1.29 is 0 Å². The summed E-state index contributed by atoms with van der Waals surface area (Å²) in [5.74, 6) is 0. The quantitative estimate of drug-likeness (QED) is 0.609. The van der Waals surface area contributed by atoms with Gasteiger partial charge in [-0.2, -0.15) is 0 Å². The van der Waals surface area contributed by atoms with Crippen LogP contribution in [-0.4, -0.2) is 9.38 Å². The molecule has 0 aliphatic rings. The number of halogens is 1. The number of benzene rings is 1. The third-order valence-corrected chi connectivity index (χ3v) is 4.95. The number of aromatic nitrogens is 2. The Labute approximate surface area is 125 Å². The number of nitrogens with zero attached hydrogens (tertiary/aromatic N) is 2. The fourth-order valence-electron chi connectivity index (χ4n) is 2.19. The Hall–Kier alpha value is -1.13. The average molecular weight is 335 g/mol. The fourth-order valence-corrected chi connectivity index (χ4v) is 3.54. The van der Waals surface area contributed by atoms with Gasteiger partial charge in [-0.15, -0.1) is 11.3 Å². The molecule has 0 spiro atoms. The van der Waals surface area contributed by atoms with Gasteiger partial charge in [0.2, 0.25) is 0 Å². The molecule has 0 aliphatic carbocycles. The maximum Gasteiger partial charge on any atom is 0.193 e. The van der Waals surface area contributed by atoms with Crippen LogP contribution in [0.25, 0.3) is 4.96 Å². The van der Waals surface area contributed by atoms with Crippen molar-refractivity contribution in [2.45, 2.75) is 24.1 Å². The van der Waals surface area contributed by atoms with Gasteiger partial charge in [-0.25, -0.2) is 4.98 Å². The summed E-state index contributed by atoms with van der Waals surface area (Å²) in [6.07, 6.45) is 7.53. The van der Waals surface area contributed by atoms with E-state index in [2.05, 4.69) is 73.4 Å². The topological polar surface area (TPSA) is 17.3 Å². The van der Waals surface area contributed by atoms with Gasteiger partial charge in [0.1, 0.15) is 0 Å². The number of imidazole rings is 1. The van der Waals surface area contributed by atoms with E-state index in [-0.39, 0.29) is 0 Å². The summed E-state index contributed by atoms with van der Waals surface area (Å²) >= 11 is 5.45. The third kappa shape index (κ3) is 3.07. The first-order chi connectivity index (χ1) is 9.33. The summed E-state index contributed by atoms with van der Waals surface area (Å²) in [6.45, 7) is 0. The number of rotatable bonds is 5. The Morgan fingerprint density at radius 2 is 2.11 bits per heavy atom. The maximum absolute atomic E-state index is 4.61. The zero-order valence-corrected chi connectivity index (χ0v) is 12.9. The minimum Gasteiger partial charge on any atom is -0.297 e. The summed E-state index contributed by atoms with van der Waals surface area (Å²) in [7, 11) is 0. The van der Waals surface area contributed by atoms with Gasteiger partial charge in [0.15, 0.2) is 4.96 Å². The number of hydrogen-bond donors (Lipinski definition) is 0. The summed E-state index contributed by atoms with van der Waals surface area (Å²) in [5.41, 5.74) is 2.55. The van der Waals surface area contributed by atoms with Crippen LogP contribution in [0.5, 0.6) is 0 Å². The number of aryl methyl sites for hydroxylation is 1. The first-order valence-corrected chi connectivity index (χ1v) is 8.22. The van der Waals surface area contributed by atoms with Gasteiger partial charge >= 0.3 is 0 Å². The molecule has 98 valence electrons. The third-order valence-electron chi connectivity index (χ3n) is 3.19. The normalized spacial score (nSPS) is 12.9. The molecule has 3 aromatic rings. The molecule has 1 aromatic carbocycles. The van der Waals surface area contributed by atoms with Gasteiger partial charge in [0.25, 0.3) is 0 Å². The molecule has 1 atom stereocenters. The number of thiazole rings is 1. The summed E-state index contributed by atoms with van der Waals surface area (Å²) in [5, 5.41) is 2.07. The Morgan fingerprint density at radius 1 is 1.26 bits per heavy atom. The minimum absolute atomic E-state index is 0.442. The van der Waals surface area contributed by atoms with Crippen molar-refractivity contribution in [3.05, 3.63) is 59.4 Å². The highest BCUT2D eigenvalue weighted by Gasteiger charge is 2.08. The van der Waals surface area contributed by atoms with Crippen molar-refractivity contribution in [2.24, 2.45) is 0 Å². The highest BCUT2D eigenvalue weighted by Crippen LogP contribution is 2.28. The molecule has 1 unspecified atom stereocenters. The van der Waals surface area contributed by atoms with Crippen LogP contribution < -0.4 is 0 Å². The predicted molar refractivity (Wildman–Crippen MR) is 84.1 cm³/mol. The SMILES string of the molecule is BrC(CCCc1cn2ccsc2n1)c1ccccc1. The lowest BCUT2D eigenvalue weighted by Gasteiger charge is -2.08. The molecule has 2 aromatic heterocycles. The van der Waals surface area contributed by atoms with Gasteiger partial charge in [0.05, 0.1) is 5.69 Å². The lowest BCUT2D eigenvalue weighted by atomic mass is 10.1. The van der Waals surface area contributed by atoms with Gasteiger partial charge < -0.3 is 0 Å². The zero-order chi connectivity index (χ0) is 13.1. The van der Waals surface area contributed by atoms with Gasteiger partial charge in [-0.1, -0.05) is 46.3 Å². The summed E-state index contributed by atoms with van der Waals surface area (Å²) in [6, 6.07) is 10.6. The predicted octanol–water partition coefficient (Wildman–Crippen LogP) is 4.85. The van der Waals surface area contributed by atoms with Crippen LogP contribution in [-0.2, 0) is 6.42 Å². The van der Waals surface area contributed by atoms with E-state index in [1.54, 1.807) is 11.3 Å². The number of alkyl halides is 1.